The molecule has 0 aliphatic carbocycles. The molecular weight excluding hydrogens is 416 g/mol. The lowest BCUT2D eigenvalue weighted by Crippen LogP contribution is -2.35. The normalized spacial score (nSPS) is 16.0. The minimum atomic E-state index is -5.10. The molecule has 0 bridgehead atoms. The molecule has 0 fully saturated rings. The van der Waals surface area contributed by atoms with Gasteiger partial charge in [-0.25, -0.2) is 4.39 Å². The van der Waals surface area contributed by atoms with Gasteiger partial charge in [-0.2, -0.15) is 22.0 Å². The second kappa shape index (κ2) is 3.88. The van der Waals surface area contributed by atoms with Gasteiger partial charge in [-0.3, -0.25) is 0 Å². The SMILES string of the molecule is FC(I)=C(F)C(F)(F)C(F)(F)I. The second-order valence-corrected chi connectivity index (χ2v) is 3.95. The fourth-order valence-corrected chi connectivity index (χ4v) is 0.819. The van der Waals surface area contributed by atoms with Crippen LogP contribution in [-0.4, -0.2) is 9.85 Å². The van der Waals surface area contributed by atoms with Crippen LogP contribution < -0.4 is 0 Å². The predicted octanol–water partition coefficient (Wildman–Crippen LogP) is 4.19. The van der Waals surface area contributed by atoms with E-state index >= 15 is 0 Å². The van der Waals surface area contributed by atoms with Gasteiger partial charge >= 0.3 is 9.85 Å². The molecule has 0 heterocycles. The summed E-state index contributed by atoms with van der Waals surface area (Å²) in [7, 11) is 0. The van der Waals surface area contributed by atoms with Gasteiger partial charge < -0.3 is 0 Å². The summed E-state index contributed by atoms with van der Waals surface area (Å²) in [6, 6.07) is 0. The minimum absolute atomic E-state index is 0.0404. The zero-order valence-electron chi connectivity index (χ0n) is 5.02. The summed E-state index contributed by atoms with van der Waals surface area (Å²) >= 11 is 0.595. The van der Waals surface area contributed by atoms with E-state index in [0.29, 0.717) is 22.6 Å². The zero-order valence-corrected chi connectivity index (χ0v) is 9.34. The summed E-state index contributed by atoms with van der Waals surface area (Å²) in [5.41, 5.74) is 0. The van der Waals surface area contributed by atoms with Crippen LogP contribution in [0.3, 0.4) is 0 Å². The van der Waals surface area contributed by atoms with Gasteiger partial charge in [-0.15, -0.1) is 0 Å². The average Bonchev–Trinajstić information content (AvgIpc) is 1.83. The van der Waals surface area contributed by atoms with E-state index in [2.05, 4.69) is 0 Å². The summed E-state index contributed by atoms with van der Waals surface area (Å²) in [6.07, 6.45) is 0. The molecule has 8 heteroatoms. The van der Waals surface area contributed by atoms with Crippen LogP contribution in [0, 0.1) is 0 Å². The first-order valence-corrected chi connectivity index (χ1v) is 4.42. The molecule has 0 N–H and O–H groups in total. The molecule has 0 amide bonds. The van der Waals surface area contributed by atoms with Gasteiger partial charge in [-0.1, -0.05) is 0 Å². The minimum Gasteiger partial charge on any atom is -0.201 e. The fraction of sp³-hybridized carbons (Fsp3) is 0.500. The Morgan fingerprint density at radius 2 is 1.33 bits per heavy atom. The van der Waals surface area contributed by atoms with Crippen LogP contribution in [0.4, 0.5) is 26.3 Å². The first-order valence-electron chi connectivity index (χ1n) is 2.26. The number of hydrogen-bond donors (Lipinski definition) is 0. The van der Waals surface area contributed by atoms with Crippen molar-refractivity contribution in [3.8, 4) is 0 Å². The van der Waals surface area contributed by atoms with E-state index in [1.807, 2.05) is 0 Å². The Hall–Kier alpha value is 0.780. The van der Waals surface area contributed by atoms with Crippen LogP contribution in [0.5, 0.6) is 0 Å². The highest BCUT2D eigenvalue weighted by Gasteiger charge is 2.59. The van der Waals surface area contributed by atoms with Gasteiger partial charge in [0.15, 0.2) is 3.83 Å². The Morgan fingerprint density at radius 3 is 1.42 bits per heavy atom. The monoisotopic (exact) mass is 416 g/mol. The Morgan fingerprint density at radius 1 is 1.00 bits per heavy atom. The highest BCUT2D eigenvalue weighted by atomic mass is 127. The van der Waals surface area contributed by atoms with Crippen LogP contribution in [0.2, 0.25) is 0 Å². The first kappa shape index (κ1) is 12.8. The molecule has 0 rings (SSSR count). The van der Waals surface area contributed by atoms with Crippen molar-refractivity contribution >= 4 is 45.2 Å². The first-order chi connectivity index (χ1) is 5.10. The van der Waals surface area contributed by atoms with E-state index in [0.717, 1.165) is 0 Å². The van der Waals surface area contributed by atoms with Crippen LogP contribution in [0.25, 0.3) is 0 Å². The van der Waals surface area contributed by atoms with E-state index in [1.54, 1.807) is 0 Å². The van der Waals surface area contributed by atoms with Crippen LogP contribution in [0.1, 0.15) is 0 Å². The Bertz CT molecular complexity index is 200. The molecule has 0 aliphatic rings. The third-order valence-electron chi connectivity index (χ3n) is 0.798. The van der Waals surface area contributed by atoms with Crippen molar-refractivity contribution in [3.05, 3.63) is 9.66 Å². The molecule has 0 nitrogen and oxygen atoms in total. The summed E-state index contributed by atoms with van der Waals surface area (Å²) in [5.74, 6) is -7.85. The van der Waals surface area contributed by atoms with E-state index in [4.69, 9.17) is 0 Å². The van der Waals surface area contributed by atoms with Gasteiger partial charge in [0.1, 0.15) is 0 Å². The van der Waals surface area contributed by atoms with Crippen molar-refractivity contribution in [1.29, 1.82) is 0 Å². The second-order valence-electron chi connectivity index (χ2n) is 1.65. The van der Waals surface area contributed by atoms with Gasteiger partial charge in [-0.05, 0) is 22.6 Å². The topological polar surface area (TPSA) is 0 Å². The number of rotatable bonds is 2. The van der Waals surface area contributed by atoms with Crippen molar-refractivity contribution in [2.24, 2.45) is 0 Å². The van der Waals surface area contributed by atoms with Crippen molar-refractivity contribution in [1.82, 2.24) is 0 Å². The van der Waals surface area contributed by atoms with Gasteiger partial charge in [0.25, 0.3) is 0 Å². The molecule has 0 aliphatic heterocycles. The lowest BCUT2D eigenvalue weighted by Gasteiger charge is -2.19. The molecule has 72 valence electrons. The third kappa shape index (κ3) is 2.64. The molecule has 0 aromatic rings. The third-order valence-corrected chi connectivity index (χ3v) is 1.95. The van der Waals surface area contributed by atoms with Gasteiger partial charge in [0, 0.05) is 22.6 Å². The maximum atomic E-state index is 12.1. The zero-order chi connectivity index (χ0) is 10.2. The molecular formula is C4F6I2. The van der Waals surface area contributed by atoms with E-state index in [9.17, 15) is 26.3 Å². The van der Waals surface area contributed by atoms with Gasteiger partial charge in [0.05, 0.1) is 0 Å². The summed E-state index contributed by atoms with van der Waals surface area (Å²) in [6.45, 7) is 0. The highest BCUT2D eigenvalue weighted by Crippen LogP contribution is 2.46. The molecule has 0 saturated carbocycles. The van der Waals surface area contributed by atoms with Crippen molar-refractivity contribution in [3.63, 3.8) is 0 Å². The molecule has 0 radical (unpaired) electrons. The number of alkyl halides is 5. The lowest BCUT2D eigenvalue weighted by atomic mass is 10.3. The number of allylic oxidation sites excluding steroid dienone is 1. The number of hydrogen-bond acceptors (Lipinski definition) is 0. The van der Waals surface area contributed by atoms with Crippen molar-refractivity contribution in [2.75, 3.05) is 0 Å². The van der Waals surface area contributed by atoms with Crippen LogP contribution in [0.15, 0.2) is 9.66 Å². The fourth-order valence-electron chi connectivity index (χ4n) is 0.243. The lowest BCUT2D eigenvalue weighted by molar-refractivity contribution is -0.125. The molecule has 0 aromatic heterocycles. The predicted molar refractivity (Wildman–Crippen MR) is 47.2 cm³/mol. The van der Waals surface area contributed by atoms with Crippen molar-refractivity contribution < 1.29 is 26.3 Å². The quantitative estimate of drug-likeness (QED) is 0.360. The molecule has 0 atom stereocenters. The van der Waals surface area contributed by atoms with E-state index in [1.165, 1.54) is 0 Å². The number of halogens is 8. The Labute approximate surface area is 90.7 Å². The summed E-state index contributed by atoms with van der Waals surface area (Å²) in [4.78, 5) is 0. The Balaban J connectivity index is 5.01. The molecule has 0 saturated heterocycles. The molecule has 12 heavy (non-hydrogen) atoms. The Kier molecular flexibility index (Phi) is 4.13. The molecule has 0 spiro atoms. The van der Waals surface area contributed by atoms with Crippen molar-refractivity contribution in [2.45, 2.75) is 9.85 Å². The van der Waals surface area contributed by atoms with E-state index < -0.39 is 19.5 Å². The smallest absolute Gasteiger partial charge is 0.201 e. The van der Waals surface area contributed by atoms with Crippen LogP contribution in [-0.2, 0) is 0 Å². The standard InChI is InChI=1S/C4F6I2/c5-1(2(6)11)3(7,8)4(9,10)12. The van der Waals surface area contributed by atoms with Crippen LogP contribution >= 0.6 is 45.2 Å². The molecule has 0 aromatic carbocycles. The largest absolute Gasteiger partial charge is 0.373 e. The van der Waals surface area contributed by atoms with Gasteiger partial charge in [0.2, 0.25) is 5.83 Å². The maximum absolute atomic E-state index is 12.1. The summed E-state index contributed by atoms with van der Waals surface area (Å²) < 4.78 is 65.3. The maximum Gasteiger partial charge on any atom is 0.373 e. The highest BCUT2D eigenvalue weighted by molar-refractivity contribution is 14.1. The molecule has 0 unspecified atom stereocenters. The summed E-state index contributed by atoms with van der Waals surface area (Å²) in [5, 5.41) is 0. The average molecular weight is 416 g/mol. The van der Waals surface area contributed by atoms with E-state index in [-0.39, 0.29) is 22.6 Å².